The molecule has 1 fully saturated rings. The predicted octanol–water partition coefficient (Wildman–Crippen LogP) is 5.75. The lowest BCUT2D eigenvalue weighted by atomic mass is 10.0. The van der Waals surface area contributed by atoms with Crippen LogP contribution in [0.25, 0.3) is 33.6 Å². The highest BCUT2D eigenvalue weighted by Gasteiger charge is 2.17. The van der Waals surface area contributed by atoms with E-state index in [9.17, 15) is 10.1 Å². The largest absolute Gasteiger partial charge is 0.454 e. The second-order valence-electron chi connectivity index (χ2n) is 8.86. The van der Waals surface area contributed by atoms with E-state index in [1.165, 1.54) is 0 Å². The summed E-state index contributed by atoms with van der Waals surface area (Å²) in [7, 11) is 3.46. The molecule has 0 aliphatic carbocycles. The van der Waals surface area contributed by atoms with Crippen molar-refractivity contribution in [2.45, 2.75) is 18.9 Å². The fourth-order valence-corrected chi connectivity index (χ4v) is 4.33. The Hall–Kier alpha value is -3.86. The van der Waals surface area contributed by atoms with Crippen molar-refractivity contribution < 1.29 is 13.9 Å². The number of halogens is 1. The molecule has 36 heavy (non-hydrogen) atoms. The summed E-state index contributed by atoms with van der Waals surface area (Å²) in [6.45, 7) is 1.48. The third kappa shape index (κ3) is 5.06. The first-order valence-electron chi connectivity index (χ1n) is 11.6. The molecule has 2 aromatic heterocycles. The number of rotatable bonds is 5. The Morgan fingerprint density at radius 1 is 1.06 bits per heavy atom. The van der Waals surface area contributed by atoms with E-state index >= 15 is 0 Å². The Balaban J connectivity index is 0.00000304. The number of hydrogen-bond donors (Lipinski definition) is 1. The van der Waals surface area contributed by atoms with Crippen LogP contribution in [-0.4, -0.2) is 49.1 Å². The maximum atomic E-state index is 12.2. The molecule has 0 saturated carbocycles. The molecule has 4 aromatic rings. The van der Waals surface area contributed by atoms with E-state index in [1.807, 2.05) is 42.5 Å². The monoisotopic (exact) mass is 502 g/mol. The normalized spacial score (nSPS) is 13.6. The first-order valence-corrected chi connectivity index (χ1v) is 11.6. The third-order valence-corrected chi connectivity index (χ3v) is 6.27. The zero-order valence-electron chi connectivity index (χ0n) is 20.2. The number of nitrogens with zero attached hydrogens (tertiary/aromatic N) is 3. The van der Waals surface area contributed by atoms with Gasteiger partial charge in [-0.3, -0.25) is 9.78 Å². The number of carbonyl (C=O) groups excluding carboxylic acids is 1. The lowest BCUT2D eigenvalue weighted by Gasteiger charge is -2.24. The van der Waals surface area contributed by atoms with E-state index in [4.69, 9.17) is 9.15 Å². The van der Waals surface area contributed by atoms with Crippen LogP contribution in [-0.2, 0) is 4.74 Å². The lowest BCUT2D eigenvalue weighted by molar-refractivity contribution is 0.0827. The number of anilines is 1. The summed E-state index contributed by atoms with van der Waals surface area (Å²) in [5.41, 5.74) is 6.05. The molecule has 0 atom stereocenters. The summed E-state index contributed by atoms with van der Waals surface area (Å²) in [6, 6.07) is 19.6. The number of carbonyl (C=O) groups is 1. The van der Waals surface area contributed by atoms with Gasteiger partial charge in [0.25, 0.3) is 5.91 Å². The van der Waals surface area contributed by atoms with Gasteiger partial charge >= 0.3 is 0 Å². The highest BCUT2D eigenvalue weighted by atomic mass is 35.5. The minimum Gasteiger partial charge on any atom is -0.454 e. The summed E-state index contributed by atoms with van der Waals surface area (Å²) in [5, 5.41) is 13.3. The van der Waals surface area contributed by atoms with Crippen LogP contribution < -0.4 is 5.32 Å². The van der Waals surface area contributed by atoms with Gasteiger partial charge in [-0.25, -0.2) is 0 Å². The standard InChI is InChI=1S/C28H26N4O3.ClH/c1-32(2)28(33)19-5-3-18(4-6-19)26-16-25-27(35-26)23(9-12-30-25)20-7-8-24(21(15-20)17-29)31-22-10-13-34-14-11-22;/h3-9,12,15-16,22,31H,10-11,13-14H2,1-2H3;1H. The molecular formula is C28H27ClN4O3. The smallest absolute Gasteiger partial charge is 0.253 e. The molecule has 1 N–H and O–H groups in total. The van der Waals surface area contributed by atoms with Crippen molar-refractivity contribution in [2.24, 2.45) is 0 Å². The highest BCUT2D eigenvalue weighted by Crippen LogP contribution is 2.35. The number of hydrogen-bond acceptors (Lipinski definition) is 6. The molecular weight excluding hydrogens is 476 g/mol. The van der Waals surface area contributed by atoms with Crippen molar-refractivity contribution in [3.8, 4) is 28.5 Å². The molecule has 0 radical (unpaired) electrons. The second-order valence-corrected chi connectivity index (χ2v) is 8.86. The molecule has 7 nitrogen and oxygen atoms in total. The van der Waals surface area contributed by atoms with E-state index in [-0.39, 0.29) is 18.3 Å². The van der Waals surface area contributed by atoms with E-state index in [1.54, 1.807) is 37.3 Å². The zero-order valence-corrected chi connectivity index (χ0v) is 21.0. The number of pyridine rings is 1. The van der Waals surface area contributed by atoms with Crippen molar-refractivity contribution in [2.75, 3.05) is 32.6 Å². The molecule has 2 aromatic carbocycles. The number of furan rings is 1. The lowest BCUT2D eigenvalue weighted by Crippen LogP contribution is -2.28. The van der Waals surface area contributed by atoms with E-state index in [0.29, 0.717) is 28.5 Å². The van der Waals surface area contributed by atoms with Gasteiger partial charge in [-0.2, -0.15) is 5.26 Å². The van der Waals surface area contributed by atoms with Crippen molar-refractivity contribution in [3.05, 3.63) is 71.9 Å². The molecule has 5 rings (SSSR count). The van der Waals surface area contributed by atoms with Gasteiger partial charge in [-0.1, -0.05) is 18.2 Å². The average molecular weight is 503 g/mol. The SMILES string of the molecule is CN(C)C(=O)c1ccc(-c2cc3nccc(-c4ccc(NC5CCOCC5)c(C#N)c4)c3o2)cc1.Cl. The van der Waals surface area contributed by atoms with Crippen LogP contribution in [0.1, 0.15) is 28.8 Å². The topological polar surface area (TPSA) is 91.4 Å². The van der Waals surface area contributed by atoms with Gasteiger partial charge in [-0.05, 0) is 48.7 Å². The molecule has 0 spiro atoms. The van der Waals surface area contributed by atoms with Gasteiger partial charge in [0.15, 0.2) is 5.58 Å². The fourth-order valence-electron chi connectivity index (χ4n) is 4.33. The Labute approximate surface area is 216 Å². The maximum absolute atomic E-state index is 12.2. The third-order valence-electron chi connectivity index (χ3n) is 6.27. The molecule has 1 aliphatic rings. The number of benzene rings is 2. The van der Waals surface area contributed by atoms with E-state index < -0.39 is 0 Å². The number of ether oxygens (including phenoxy) is 1. The van der Waals surface area contributed by atoms with Crippen molar-refractivity contribution in [1.29, 1.82) is 5.26 Å². The van der Waals surface area contributed by atoms with Gasteiger partial charge in [0.2, 0.25) is 0 Å². The molecule has 8 heteroatoms. The summed E-state index contributed by atoms with van der Waals surface area (Å²) in [6.07, 6.45) is 3.60. The van der Waals surface area contributed by atoms with Gasteiger partial charge in [0, 0.05) is 62.3 Å². The van der Waals surface area contributed by atoms with Crippen molar-refractivity contribution >= 4 is 35.1 Å². The first kappa shape index (κ1) is 25.2. The van der Waals surface area contributed by atoms with Crippen LogP contribution in [0.2, 0.25) is 0 Å². The van der Waals surface area contributed by atoms with Crippen LogP contribution in [0.5, 0.6) is 0 Å². The number of fused-ring (bicyclic) bond motifs is 1. The zero-order chi connectivity index (χ0) is 24.4. The average Bonchev–Trinajstić information content (AvgIpc) is 3.34. The van der Waals surface area contributed by atoms with Crippen molar-refractivity contribution in [3.63, 3.8) is 0 Å². The minimum absolute atomic E-state index is 0. The molecule has 3 heterocycles. The Bertz CT molecular complexity index is 1420. The van der Waals surface area contributed by atoms with Crippen LogP contribution >= 0.6 is 12.4 Å². The summed E-state index contributed by atoms with van der Waals surface area (Å²) in [4.78, 5) is 18.2. The Kier molecular flexibility index (Phi) is 7.58. The molecule has 0 unspecified atom stereocenters. The predicted molar refractivity (Wildman–Crippen MR) is 142 cm³/mol. The summed E-state index contributed by atoms with van der Waals surface area (Å²) < 4.78 is 11.7. The van der Waals surface area contributed by atoms with Gasteiger partial charge in [-0.15, -0.1) is 12.4 Å². The molecule has 1 saturated heterocycles. The van der Waals surface area contributed by atoms with Crippen LogP contribution in [0.3, 0.4) is 0 Å². The van der Waals surface area contributed by atoms with Gasteiger partial charge < -0.3 is 19.4 Å². The first-order chi connectivity index (χ1) is 17.0. The summed E-state index contributed by atoms with van der Waals surface area (Å²) >= 11 is 0. The maximum Gasteiger partial charge on any atom is 0.253 e. The molecule has 1 aliphatic heterocycles. The van der Waals surface area contributed by atoms with Gasteiger partial charge in [0.1, 0.15) is 17.3 Å². The summed E-state index contributed by atoms with van der Waals surface area (Å²) in [5.74, 6) is 0.621. The fraction of sp³-hybridized carbons (Fsp3) is 0.250. The number of aromatic nitrogens is 1. The van der Waals surface area contributed by atoms with Crippen molar-refractivity contribution in [1.82, 2.24) is 9.88 Å². The number of amides is 1. The molecule has 1 amide bonds. The Morgan fingerprint density at radius 2 is 1.78 bits per heavy atom. The molecule has 0 bridgehead atoms. The van der Waals surface area contributed by atoms with Gasteiger partial charge in [0.05, 0.1) is 11.3 Å². The van der Waals surface area contributed by atoms with Crippen LogP contribution in [0.15, 0.2) is 65.2 Å². The van der Waals surface area contributed by atoms with Crippen LogP contribution in [0.4, 0.5) is 5.69 Å². The van der Waals surface area contributed by atoms with E-state index in [0.717, 1.165) is 53.9 Å². The molecule has 184 valence electrons. The minimum atomic E-state index is -0.0480. The number of nitrogens with one attached hydrogen (secondary N) is 1. The second kappa shape index (κ2) is 10.8. The van der Waals surface area contributed by atoms with E-state index in [2.05, 4.69) is 16.4 Å². The highest BCUT2D eigenvalue weighted by molar-refractivity contribution is 5.95. The number of nitriles is 1. The van der Waals surface area contributed by atoms with Crippen LogP contribution in [0, 0.1) is 11.3 Å². The Morgan fingerprint density at radius 3 is 2.47 bits per heavy atom. The quantitative estimate of drug-likeness (QED) is 0.373.